The molecule has 102 valence electrons. The van der Waals surface area contributed by atoms with Crippen LogP contribution in [0.1, 0.15) is 18.9 Å². The van der Waals surface area contributed by atoms with Gasteiger partial charge in [0, 0.05) is 12.5 Å². The van der Waals surface area contributed by atoms with Gasteiger partial charge in [0.25, 0.3) is 0 Å². The van der Waals surface area contributed by atoms with Crippen LogP contribution in [0.15, 0.2) is 30.3 Å². The molecule has 1 saturated carbocycles. The van der Waals surface area contributed by atoms with E-state index in [1.54, 1.807) is 0 Å². The van der Waals surface area contributed by atoms with Gasteiger partial charge in [-0.1, -0.05) is 37.3 Å². The average molecular weight is 261 g/mol. The van der Waals surface area contributed by atoms with E-state index in [9.17, 15) is 14.7 Å². The van der Waals surface area contributed by atoms with Gasteiger partial charge in [0.1, 0.15) is 0 Å². The van der Waals surface area contributed by atoms with Gasteiger partial charge in [0.2, 0.25) is 5.91 Å². The third-order valence-corrected chi connectivity index (χ3v) is 3.64. The maximum atomic E-state index is 11.7. The Bertz CT molecular complexity index is 458. The standard InChI is InChI=1S/C15H19NO3/c1-10-7-13(10)14(17)16-9-12(15(18)19)8-11-5-3-2-4-6-11/h2-6,10,12-13H,7-9H2,1H3,(H,16,17)(H,18,19)/t10-,12-,13-/m1/s1. The van der Waals surface area contributed by atoms with E-state index in [1.165, 1.54) is 0 Å². The number of nitrogens with one attached hydrogen (secondary N) is 1. The third kappa shape index (κ3) is 3.81. The van der Waals surface area contributed by atoms with Crippen LogP contribution in [0, 0.1) is 17.8 Å². The number of carboxylic acid groups (broad SMARTS) is 1. The SMILES string of the molecule is C[C@@H]1C[C@H]1C(=O)NC[C@@H](Cc1ccccc1)C(=O)O. The summed E-state index contributed by atoms with van der Waals surface area (Å²) >= 11 is 0. The minimum absolute atomic E-state index is 0.00758. The van der Waals surface area contributed by atoms with Crippen molar-refractivity contribution in [2.45, 2.75) is 19.8 Å². The lowest BCUT2D eigenvalue weighted by atomic mass is 9.99. The van der Waals surface area contributed by atoms with E-state index in [1.807, 2.05) is 37.3 Å². The molecule has 4 nitrogen and oxygen atoms in total. The molecule has 1 fully saturated rings. The van der Waals surface area contributed by atoms with Gasteiger partial charge in [0.05, 0.1) is 5.92 Å². The number of aliphatic carboxylic acids is 1. The first-order chi connectivity index (χ1) is 9.08. The van der Waals surface area contributed by atoms with Crippen LogP contribution in [0.5, 0.6) is 0 Å². The van der Waals surface area contributed by atoms with Crippen molar-refractivity contribution in [3.05, 3.63) is 35.9 Å². The molecule has 1 aliphatic rings. The molecule has 0 saturated heterocycles. The first-order valence-electron chi connectivity index (χ1n) is 6.62. The molecule has 2 rings (SSSR count). The Morgan fingerprint density at radius 3 is 2.53 bits per heavy atom. The zero-order valence-electron chi connectivity index (χ0n) is 11.0. The van der Waals surface area contributed by atoms with Crippen LogP contribution in [0.2, 0.25) is 0 Å². The summed E-state index contributed by atoms with van der Waals surface area (Å²) < 4.78 is 0. The lowest BCUT2D eigenvalue weighted by Gasteiger charge is -2.13. The summed E-state index contributed by atoms with van der Waals surface area (Å²) in [5, 5.41) is 12.0. The van der Waals surface area contributed by atoms with Crippen molar-refractivity contribution in [1.29, 1.82) is 0 Å². The highest BCUT2D eigenvalue weighted by Crippen LogP contribution is 2.37. The van der Waals surface area contributed by atoms with Gasteiger partial charge in [-0.2, -0.15) is 0 Å². The zero-order valence-corrected chi connectivity index (χ0v) is 11.0. The Morgan fingerprint density at radius 2 is 2.00 bits per heavy atom. The summed E-state index contributed by atoms with van der Waals surface area (Å²) in [5.74, 6) is -0.913. The molecule has 0 aromatic heterocycles. The van der Waals surface area contributed by atoms with Crippen LogP contribution in [-0.2, 0) is 16.0 Å². The van der Waals surface area contributed by atoms with Gasteiger partial charge in [-0.3, -0.25) is 9.59 Å². The summed E-state index contributed by atoms with van der Waals surface area (Å²) in [6, 6.07) is 9.48. The highest BCUT2D eigenvalue weighted by Gasteiger charge is 2.39. The van der Waals surface area contributed by atoms with Crippen molar-refractivity contribution >= 4 is 11.9 Å². The Balaban J connectivity index is 1.86. The van der Waals surface area contributed by atoms with Crippen LogP contribution < -0.4 is 5.32 Å². The molecular formula is C15H19NO3. The quantitative estimate of drug-likeness (QED) is 0.819. The van der Waals surface area contributed by atoms with E-state index >= 15 is 0 Å². The molecule has 0 heterocycles. The van der Waals surface area contributed by atoms with E-state index in [0.29, 0.717) is 12.3 Å². The molecule has 4 heteroatoms. The van der Waals surface area contributed by atoms with E-state index in [2.05, 4.69) is 5.32 Å². The van der Waals surface area contributed by atoms with E-state index in [0.717, 1.165) is 12.0 Å². The Hall–Kier alpha value is -1.84. The zero-order chi connectivity index (χ0) is 13.8. The second kappa shape index (κ2) is 5.87. The average Bonchev–Trinajstić information content (AvgIpc) is 3.12. The molecule has 1 aromatic rings. The molecule has 1 aliphatic carbocycles. The van der Waals surface area contributed by atoms with Gasteiger partial charge in [-0.15, -0.1) is 0 Å². The van der Waals surface area contributed by atoms with Crippen molar-refractivity contribution < 1.29 is 14.7 Å². The fraction of sp³-hybridized carbons (Fsp3) is 0.467. The number of hydrogen-bond donors (Lipinski definition) is 2. The largest absolute Gasteiger partial charge is 0.481 e. The predicted octanol–water partition coefficient (Wildman–Crippen LogP) is 1.70. The summed E-state index contributed by atoms with van der Waals surface area (Å²) in [4.78, 5) is 22.9. The molecule has 0 radical (unpaired) electrons. The molecule has 0 unspecified atom stereocenters. The first-order valence-corrected chi connectivity index (χ1v) is 6.62. The summed E-state index contributed by atoms with van der Waals surface area (Å²) in [6.07, 6.45) is 1.36. The summed E-state index contributed by atoms with van der Waals surface area (Å²) in [7, 11) is 0. The number of rotatable bonds is 6. The smallest absolute Gasteiger partial charge is 0.308 e. The molecule has 1 aromatic carbocycles. The minimum atomic E-state index is -0.868. The fourth-order valence-electron chi connectivity index (χ4n) is 2.19. The Kier molecular flexibility index (Phi) is 4.20. The van der Waals surface area contributed by atoms with Crippen molar-refractivity contribution in [2.24, 2.45) is 17.8 Å². The lowest BCUT2D eigenvalue weighted by Crippen LogP contribution is -2.35. The second-order valence-electron chi connectivity index (χ2n) is 5.29. The van der Waals surface area contributed by atoms with Gasteiger partial charge in [0.15, 0.2) is 0 Å². The molecule has 2 N–H and O–H groups in total. The van der Waals surface area contributed by atoms with E-state index in [4.69, 9.17) is 0 Å². The molecule has 3 atom stereocenters. The number of benzene rings is 1. The second-order valence-corrected chi connectivity index (χ2v) is 5.29. The lowest BCUT2D eigenvalue weighted by molar-refractivity contribution is -0.141. The molecular weight excluding hydrogens is 242 g/mol. The van der Waals surface area contributed by atoms with Gasteiger partial charge in [-0.05, 0) is 24.3 Å². The number of carbonyl (C=O) groups excluding carboxylic acids is 1. The van der Waals surface area contributed by atoms with Gasteiger partial charge in [-0.25, -0.2) is 0 Å². The Labute approximate surface area is 112 Å². The number of hydrogen-bond acceptors (Lipinski definition) is 2. The van der Waals surface area contributed by atoms with E-state index in [-0.39, 0.29) is 18.4 Å². The van der Waals surface area contributed by atoms with Gasteiger partial charge >= 0.3 is 5.97 Å². The van der Waals surface area contributed by atoms with Crippen molar-refractivity contribution in [2.75, 3.05) is 6.54 Å². The fourth-order valence-corrected chi connectivity index (χ4v) is 2.19. The maximum absolute atomic E-state index is 11.7. The number of amides is 1. The van der Waals surface area contributed by atoms with Crippen LogP contribution in [0.4, 0.5) is 0 Å². The molecule has 0 bridgehead atoms. The topological polar surface area (TPSA) is 66.4 Å². The molecule has 0 aliphatic heterocycles. The van der Waals surface area contributed by atoms with Crippen LogP contribution >= 0.6 is 0 Å². The normalized spacial score (nSPS) is 22.6. The highest BCUT2D eigenvalue weighted by molar-refractivity contribution is 5.82. The predicted molar refractivity (Wildman–Crippen MR) is 71.6 cm³/mol. The third-order valence-electron chi connectivity index (χ3n) is 3.64. The Morgan fingerprint density at radius 1 is 1.37 bits per heavy atom. The van der Waals surface area contributed by atoms with Crippen LogP contribution in [-0.4, -0.2) is 23.5 Å². The molecule has 0 spiro atoms. The number of carboxylic acids is 1. The van der Waals surface area contributed by atoms with Crippen molar-refractivity contribution in [3.63, 3.8) is 0 Å². The highest BCUT2D eigenvalue weighted by atomic mass is 16.4. The molecule has 19 heavy (non-hydrogen) atoms. The number of carbonyl (C=O) groups is 2. The first kappa shape index (κ1) is 13.6. The summed E-state index contributed by atoms with van der Waals surface area (Å²) in [6.45, 7) is 2.23. The summed E-state index contributed by atoms with van der Waals surface area (Å²) in [5.41, 5.74) is 0.976. The maximum Gasteiger partial charge on any atom is 0.308 e. The van der Waals surface area contributed by atoms with Gasteiger partial charge < -0.3 is 10.4 Å². The van der Waals surface area contributed by atoms with E-state index < -0.39 is 11.9 Å². The van der Waals surface area contributed by atoms with Crippen LogP contribution in [0.25, 0.3) is 0 Å². The van der Waals surface area contributed by atoms with Crippen molar-refractivity contribution in [3.8, 4) is 0 Å². The monoisotopic (exact) mass is 261 g/mol. The van der Waals surface area contributed by atoms with Crippen molar-refractivity contribution in [1.82, 2.24) is 5.32 Å². The molecule has 1 amide bonds. The van der Waals surface area contributed by atoms with Crippen LogP contribution in [0.3, 0.4) is 0 Å². The minimum Gasteiger partial charge on any atom is -0.481 e.